The second-order valence-corrected chi connectivity index (χ2v) is 5.77. The fourth-order valence-electron chi connectivity index (χ4n) is 2.84. The fourth-order valence-corrected chi connectivity index (χ4v) is 2.84. The normalized spacial score (nSPS) is 22.4. The predicted molar refractivity (Wildman–Crippen MR) is 80.9 cm³/mol. The van der Waals surface area contributed by atoms with Gasteiger partial charge in [-0.15, -0.1) is 0 Å². The molecule has 20 heavy (non-hydrogen) atoms. The average Bonchev–Trinajstić information content (AvgIpc) is 2.44. The highest BCUT2D eigenvalue weighted by molar-refractivity contribution is 5.91. The Hall–Kier alpha value is -1.55. The van der Waals surface area contributed by atoms with Crippen LogP contribution in [0.25, 0.3) is 0 Å². The summed E-state index contributed by atoms with van der Waals surface area (Å²) in [4.78, 5) is 12.1. The summed E-state index contributed by atoms with van der Waals surface area (Å²) in [5, 5.41) is 15.1. The van der Waals surface area contributed by atoms with Gasteiger partial charge in [0, 0.05) is 18.3 Å². The number of urea groups is 1. The van der Waals surface area contributed by atoms with E-state index < -0.39 is 0 Å². The van der Waals surface area contributed by atoms with Crippen LogP contribution in [0.3, 0.4) is 0 Å². The van der Waals surface area contributed by atoms with Crippen molar-refractivity contribution in [1.82, 2.24) is 5.32 Å². The molecule has 1 saturated carbocycles. The number of nitrogens with one attached hydrogen (secondary N) is 2. The largest absolute Gasteiger partial charge is 0.396 e. The number of aryl methyl sites for hydroxylation is 2. The van der Waals surface area contributed by atoms with Crippen LogP contribution in [0, 0.1) is 19.8 Å². The topological polar surface area (TPSA) is 61.4 Å². The number of hydrogen-bond donors (Lipinski definition) is 3. The summed E-state index contributed by atoms with van der Waals surface area (Å²) >= 11 is 0. The Morgan fingerprint density at radius 3 is 2.35 bits per heavy atom. The average molecular weight is 276 g/mol. The van der Waals surface area contributed by atoms with Crippen molar-refractivity contribution in [1.29, 1.82) is 0 Å². The maximum atomic E-state index is 12.1. The summed E-state index contributed by atoms with van der Waals surface area (Å²) < 4.78 is 0. The lowest BCUT2D eigenvalue weighted by atomic mass is 9.87. The molecule has 0 atom stereocenters. The SMILES string of the molecule is Cc1cccc(C)c1NC(=O)NC1CCC(CO)CC1. The molecule has 2 amide bonds. The van der Waals surface area contributed by atoms with Gasteiger partial charge in [0.05, 0.1) is 0 Å². The first kappa shape index (κ1) is 14.9. The quantitative estimate of drug-likeness (QED) is 0.795. The zero-order chi connectivity index (χ0) is 14.5. The van der Waals surface area contributed by atoms with E-state index in [-0.39, 0.29) is 18.7 Å². The molecule has 110 valence electrons. The van der Waals surface area contributed by atoms with Crippen molar-refractivity contribution < 1.29 is 9.90 Å². The van der Waals surface area contributed by atoms with E-state index in [4.69, 9.17) is 5.11 Å². The van der Waals surface area contributed by atoms with Gasteiger partial charge in [-0.2, -0.15) is 0 Å². The molecule has 2 rings (SSSR count). The van der Waals surface area contributed by atoms with Crippen molar-refractivity contribution in [3.63, 3.8) is 0 Å². The number of carbonyl (C=O) groups is 1. The summed E-state index contributed by atoms with van der Waals surface area (Å²) in [6, 6.07) is 6.07. The minimum atomic E-state index is -0.130. The maximum Gasteiger partial charge on any atom is 0.319 e. The van der Waals surface area contributed by atoms with E-state index in [9.17, 15) is 4.79 Å². The number of aliphatic hydroxyl groups excluding tert-OH is 1. The summed E-state index contributed by atoms with van der Waals surface area (Å²) in [6.45, 7) is 4.26. The van der Waals surface area contributed by atoms with Crippen LogP contribution in [-0.2, 0) is 0 Å². The number of amides is 2. The highest BCUT2D eigenvalue weighted by Gasteiger charge is 2.22. The van der Waals surface area contributed by atoms with Crippen molar-refractivity contribution >= 4 is 11.7 Å². The van der Waals surface area contributed by atoms with Gasteiger partial charge in [0.15, 0.2) is 0 Å². The molecule has 0 unspecified atom stereocenters. The van der Waals surface area contributed by atoms with Crippen molar-refractivity contribution in [2.45, 2.75) is 45.6 Å². The predicted octanol–water partition coefficient (Wildman–Crippen LogP) is 2.98. The molecule has 1 aromatic rings. The Labute approximate surface area is 120 Å². The highest BCUT2D eigenvalue weighted by atomic mass is 16.3. The van der Waals surface area contributed by atoms with E-state index in [0.29, 0.717) is 5.92 Å². The Balaban J connectivity index is 1.87. The second kappa shape index (κ2) is 6.75. The van der Waals surface area contributed by atoms with Crippen molar-refractivity contribution in [3.05, 3.63) is 29.3 Å². The van der Waals surface area contributed by atoms with Gasteiger partial charge >= 0.3 is 6.03 Å². The van der Waals surface area contributed by atoms with Gasteiger partial charge in [-0.25, -0.2) is 4.79 Å². The monoisotopic (exact) mass is 276 g/mol. The number of benzene rings is 1. The van der Waals surface area contributed by atoms with Crippen LogP contribution in [0.4, 0.5) is 10.5 Å². The molecular formula is C16H24N2O2. The molecule has 0 radical (unpaired) electrons. The third-order valence-corrected chi connectivity index (χ3v) is 4.16. The van der Waals surface area contributed by atoms with Crippen LogP contribution in [0.15, 0.2) is 18.2 Å². The molecule has 0 aliphatic heterocycles. The molecule has 3 N–H and O–H groups in total. The van der Waals surface area contributed by atoms with Gasteiger partial charge in [-0.3, -0.25) is 0 Å². The fraction of sp³-hybridized carbons (Fsp3) is 0.562. The molecular weight excluding hydrogens is 252 g/mol. The lowest BCUT2D eigenvalue weighted by molar-refractivity contribution is 0.176. The van der Waals surface area contributed by atoms with Gasteiger partial charge in [0.1, 0.15) is 0 Å². The Morgan fingerprint density at radius 2 is 1.80 bits per heavy atom. The van der Waals surface area contributed by atoms with E-state index in [1.807, 2.05) is 32.0 Å². The first-order valence-electron chi connectivity index (χ1n) is 7.34. The highest BCUT2D eigenvalue weighted by Crippen LogP contribution is 2.24. The summed E-state index contributed by atoms with van der Waals surface area (Å²) in [7, 11) is 0. The number of para-hydroxylation sites is 1. The summed E-state index contributed by atoms with van der Waals surface area (Å²) in [5.74, 6) is 0.412. The Morgan fingerprint density at radius 1 is 1.20 bits per heavy atom. The van der Waals surface area contributed by atoms with Crippen molar-refractivity contribution in [2.75, 3.05) is 11.9 Å². The number of rotatable bonds is 3. The molecule has 1 aliphatic rings. The summed E-state index contributed by atoms with van der Waals surface area (Å²) in [5.41, 5.74) is 3.04. The first-order valence-corrected chi connectivity index (χ1v) is 7.34. The maximum absolute atomic E-state index is 12.1. The zero-order valence-electron chi connectivity index (χ0n) is 12.3. The van der Waals surface area contributed by atoms with Gasteiger partial charge in [-0.1, -0.05) is 18.2 Å². The van der Waals surface area contributed by atoms with E-state index in [1.165, 1.54) is 0 Å². The van der Waals surface area contributed by atoms with Gasteiger partial charge in [0.25, 0.3) is 0 Å². The molecule has 0 heterocycles. The molecule has 0 aromatic heterocycles. The van der Waals surface area contributed by atoms with Gasteiger partial charge in [-0.05, 0) is 56.6 Å². The van der Waals surface area contributed by atoms with E-state index in [1.54, 1.807) is 0 Å². The molecule has 1 aliphatic carbocycles. The third kappa shape index (κ3) is 3.73. The number of aliphatic hydroxyl groups is 1. The molecule has 4 heteroatoms. The minimum Gasteiger partial charge on any atom is -0.396 e. The van der Waals surface area contributed by atoms with Gasteiger partial charge < -0.3 is 15.7 Å². The third-order valence-electron chi connectivity index (χ3n) is 4.16. The van der Waals surface area contributed by atoms with E-state index >= 15 is 0 Å². The molecule has 1 fully saturated rings. The molecule has 4 nitrogen and oxygen atoms in total. The summed E-state index contributed by atoms with van der Waals surface area (Å²) in [6.07, 6.45) is 3.88. The van der Waals surface area contributed by atoms with Crippen LogP contribution in [0.5, 0.6) is 0 Å². The van der Waals surface area contributed by atoms with Crippen molar-refractivity contribution in [3.8, 4) is 0 Å². The molecule has 0 saturated heterocycles. The Kier molecular flexibility index (Phi) is 5.01. The second-order valence-electron chi connectivity index (χ2n) is 5.77. The van der Waals surface area contributed by atoms with Crippen LogP contribution in [0.1, 0.15) is 36.8 Å². The van der Waals surface area contributed by atoms with Crippen LogP contribution in [0.2, 0.25) is 0 Å². The number of anilines is 1. The molecule has 1 aromatic carbocycles. The lowest BCUT2D eigenvalue weighted by Crippen LogP contribution is -2.40. The smallest absolute Gasteiger partial charge is 0.319 e. The van der Waals surface area contributed by atoms with Crippen LogP contribution < -0.4 is 10.6 Å². The number of hydrogen-bond acceptors (Lipinski definition) is 2. The molecule has 0 bridgehead atoms. The Bertz CT molecular complexity index is 445. The van der Waals surface area contributed by atoms with Gasteiger partial charge in [0.2, 0.25) is 0 Å². The van der Waals surface area contributed by atoms with Crippen molar-refractivity contribution in [2.24, 2.45) is 5.92 Å². The zero-order valence-corrected chi connectivity index (χ0v) is 12.3. The number of carbonyl (C=O) groups excluding carboxylic acids is 1. The standard InChI is InChI=1S/C16H24N2O2/c1-11-4-3-5-12(2)15(11)18-16(20)17-14-8-6-13(10-19)7-9-14/h3-5,13-14,19H,6-10H2,1-2H3,(H2,17,18,20). The van der Waals surface area contributed by atoms with E-state index in [0.717, 1.165) is 42.5 Å². The van der Waals surface area contributed by atoms with Crippen LogP contribution in [-0.4, -0.2) is 23.8 Å². The molecule has 0 spiro atoms. The van der Waals surface area contributed by atoms with Crippen LogP contribution >= 0.6 is 0 Å². The van der Waals surface area contributed by atoms with E-state index in [2.05, 4.69) is 10.6 Å². The lowest BCUT2D eigenvalue weighted by Gasteiger charge is -2.28. The first-order chi connectivity index (χ1) is 9.60. The minimum absolute atomic E-state index is 0.130.